The van der Waals surface area contributed by atoms with Gasteiger partial charge in [-0.15, -0.1) is 21.5 Å². The van der Waals surface area contributed by atoms with Gasteiger partial charge in [-0.1, -0.05) is 36.2 Å². The van der Waals surface area contributed by atoms with Gasteiger partial charge in [0, 0.05) is 24.8 Å². The van der Waals surface area contributed by atoms with Crippen LogP contribution in [0.15, 0.2) is 21.4 Å². The van der Waals surface area contributed by atoms with Crippen molar-refractivity contribution in [2.24, 2.45) is 11.3 Å². The number of carbonyl (C=O) groups is 1. The minimum absolute atomic E-state index is 0.0201. The number of hydrogen-bond donors (Lipinski definition) is 2. The molecule has 9 nitrogen and oxygen atoms in total. The average Bonchev–Trinajstić information content (AvgIpc) is 3.49. The van der Waals surface area contributed by atoms with Crippen LogP contribution in [0.5, 0.6) is 0 Å². The van der Waals surface area contributed by atoms with E-state index in [0.717, 1.165) is 17.4 Å². The van der Waals surface area contributed by atoms with Gasteiger partial charge in [0.25, 0.3) is 5.89 Å². The molecule has 1 aromatic carbocycles. The highest BCUT2D eigenvalue weighted by atomic mass is 35.5. The summed E-state index contributed by atoms with van der Waals surface area (Å²) in [6.07, 6.45) is -6.15. The zero-order valence-corrected chi connectivity index (χ0v) is 25.9. The third-order valence-corrected chi connectivity index (χ3v) is 10.5. The molecule has 2 N–H and O–H groups in total. The van der Waals surface area contributed by atoms with Crippen molar-refractivity contribution in [2.45, 2.75) is 75.9 Å². The fraction of sp³-hybridized carbons (Fsp3) is 0.520. The zero-order chi connectivity index (χ0) is 32.1. The summed E-state index contributed by atoms with van der Waals surface area (Å²) in [7, 11) is -4.76. The molecule has 1 aliphatic carbocycles. The number of thiazole rings is 1. The molecular weight excluding hydrogens is 666 g/mol. The van der Waals surface area contributed by atoms with Gasteiger partial charge in [-0.25, -0.2) is 22.2 Å². The summed E-state index contributed by atoms with van der Waals surface area (Å²) in [6, 6.07) is -0.125. The molecule has 1 saturated carbocycles. The van der Waals surface area contributed by atoms with Crippen molar-refractivity contribution in [3.8, 4) is 21.3 Å². The summed E-state index contributed by atoms with van der Waals surface area (Å²) in [6.45, 7) is 4.12. The number of aliphatic carboxylic acids is 1. The van der Waals surface area contributed by atoms with Gasteiger partial charge in [0.1, 0.15) is 10.9 Å². The molecule has 2 aromatic heterocycles. The number of nitrogens with zero attached hydrogens (tertiary/aromatic N) is 3. The van der Waals surface area contributed by atoms with Crippen molar-refractivity contribution in [3.05, 3.63) is 33.8 Å². The highest BCUT2D eigenvalue weighted by molar-refractivity contribution is 7.89. The summed E-state index contributed by atoms with van der Waals surface area (Å²) >= 11 is 13.7. The maximum atomic E-state index is 13.6. The molecule has 236 valence electrons. The number of sulfonamides is 1. The van der Waals surface area contributed by atoms with Crippen molar-refractivity contribution < 1.29 is 44.7 Å². The monoisotopic (exact) mass is 690 g/mol. The van der Waals surface area contributed by atoms with Crippen LogP contribution in [-0.4, -0.2) is 52.8 Å². The molecule has 0 spiro atoms. The molecule has 1 atom stereocenters. The van der Waals surface area contributed by atoms with Gasteiger partial charge in [-0.05, 0) is 38.7 Å². The van der Waals surface area contributed by atoms with E-state index < -0.39 is 61.8 Å². The molecule has 0 unspecified atom stereocenters. The van der Waals surface area contributed by atoms with Gasteiger partial charge in [-0.3, -0.25) is 4.79 Å². The second-order valence-electron chi connectivity index (χ2n) is 10.9. The summed E-state index contributed by atoms with van der Waals surface area (Å²) in [5, 5.41) is 16.5. The Bertz CT molecular complexity index is 1630. The van der Waals surface area contributed by atoms with Gasteiger partial charge < -0.3 is 9.52 Å². The van der Waals surface area contributed by atoms with Crippen molar-refractivity contribution >= 4 is 50.5 Å². The second-order valence-corrected chi connectivity index (χ2v) is 14.3. The molecule has 18 heteroatoms. The lowest BCUT2D eigenvalue weighted by molar-refractivity contribution is -0.151. The van der Waals surface area contributed by atoms with Crippen LogP contribution in [0.1, 0.15) is 51.6 Å². The van der Waals surface area contributed by atoms with E-state index in [1.54, 1.807) is 4.72 Å². The zero-order valence-electron chi connectivity index (χ0n) is 22.7. The van der Waals surface area contributed by atoms with Crippen molar-refractivity contribution in [3.63, 3.8) is 0 Å². The minimum atomic E-state index is -4.84. The molecule has 3 aromatic rings. The minimum Gasteiger partial charge on any atom is -0.481 e. The number of benzene rings is 1. The Hall–Kier alpha value is -2.40. The summed E-state index contributed by atoms with van der Waals surface area (Å²) in [4.78, 5) is 15.6. The lowest BCUT2D eigenvalue weighted by Crippen LogP contribution is -2.44. The molecule has 0 radical (unpaired) electrons. The molecule has 1 fully saturated rings. The SMILES string of the molecule is CC[C@H](NS(=O)(=O)c1ccc(-c2sc(-c3nnc(CC(C)(C)C(=O)O)o3)nc2CC2CC(F)(F)C2)c(Cl)c1Cl)C(F)(F)F. The summed E-state index contributed by atoms with van der Waals surface area (Å²) < 4.78 is 99.8. The molecule has 0 bridgehead atoms. The van der Waals surface area contributed by atoms with Crippen molar-refractivity contribution in [1.29, 1.82) is 0 Å². The fourth-order valence-corrected chi connectivity index (χ4v) is 7.68. The number of aromatic nitrogens is 3. The molecule has 0 amide bonds. The largest absolute Gasteiger partial charge is 0.481 e. The number of hydrogen-bond acceptors (Lipinski definition) is 8. The van der Waals surface area contributed by atoms with E-state index in [1.165, 1.54) is 26.8 Å². The van der Waals surface area contributed by atoms with E-state index in [-0.39, 0.29) is 53.1 Å². The third kappa shape index (κ3) is 7.30. The molecule has 43 heavy (non-hydrogen) atoms. The average molecular weight is 692 g/mol. The van der Waals surface area contributed by atoms with Gasteiger partial charge >= 0.3 is 12.1 Å². The van der Waals surface area contributed by atoms with E-state index in [4.69, 9.17) is 27.6 Å². The maximum absolute atomic E-state index is 13.6. The van der Waals surface area contributed by atoms with Crippen LogP contribution in [0.3, 0.4) is 0 Å². The van der Waals surface area contributed by atoms with Crippen LogP contribution in [0.2, 0.25) is 10.0 Å². The quantitative estimate of drug-likeness (QED) is 0.205. The van der Waals surface area contributed by atoms with E-state index in [9.17, 15) is 40.3 Å². The molecule has 1 aliphatic rings. The normalized spacial score (nSPS) is 16.7. The number of halogens is 7. The first-order valence-corrected chi connectivity index (χ1v) is 15.8. The van der Waals surface area contributed by atoms with Crippen LogP contribution >= 0.6 is 34.5 Å². The van der Waals surface area contributed by atoms with Gasteiger partial charge in [0.05, 0.1) is 26.0 Å². The lowest BCUT2D eigenvalue weighted by Gasteiger charge is -2.34. The maximum Gasteiger partial charge on any atom is 0.404 e. The van der Waals surface area contributed by atoms with E-state index in [1.807, 2.05) is 0 Å². The first-order chi connectivity index (χ1) is 19.7. The molecule has 0 saturated heterocycles. The number of carboxylic acid groups (broad SMARTS) is 1. The predicted octanol–water partition coefficient (Wildman–Crippen LogP) is 7.03. The van der Waals surface area contributed by atoms with E-state index in [2.05, 4.69) is 15.2 Å². The topological polar surface area (TPSA) is 135 Å². The van der Waals surface area contributed by atoms with E-state index in [0.29, 0.717) is 10.6 Å². The number of carboxylic acids is 1. The Morgan fingerprint density at radius 1 is 1.21 bits per heavy atom. The van der Waals surface area contributed by atoms with Crippen LogP contribution in [0, 0.1) is 11.3 Å². The van der Waals surface area contributed by atoms with Crippen molar-refractivity contribution in [1.82, 2.24) is 19.9 Å². The highest BCUT2D eigenvalue weighted by Crippen LogP contribution is 2.48. The van der Waals surface area contributed by atoms with Crippen LogP contribution in [0.4, 0.5) is 22.0 Å². The first-order valence-electron chi connectivity index (χ1n) is 12.7. The van der Waals surface area contributed by atoms with Crippen LogP contribution < -0.4 is 4.72 Å². The Kier molecular flexibility index (Phi) is 9.22. The molecule has 0 aliphatic heterocycles. The summed E-state index contributed by atoms with van der Waals surface area (Å²) in [5.41, 5.74) is -0.748. The molecular formula is C25H25Cl2F5N4O5S2. The highest BCUT2D eigenvalue weighted by Gasteiger charge is 2.46. The van der Waals surface area contributed by atoms with Gasteiger partial charge in [-0.2, -0.15) is 17.9 Å². The first kappa shape index (κ1) is 33.5. The number of rotatable bonds is 11. The summed E-state index contributed by atoms with van der Waals surface area (Å²) in [5.74, 6) is -4.37. The standard InChI is InChI=1S/C25H25Cl2F5N4O5S2/c1-4-15(25(30,31)32)36-43(39,40)14-6-5-12(17(26)18(14)27)19-13(7-11-8-24(28,29)9-11)33-21(42-19)20-35-34-16(41-20)10-23(2,3)22(37)38/h5-6,11,15,36H,4,7-10H2,1-3H3,(H,37,38)/t15-/m0/s1. The predicted molar refractivity (Wildman–Crippen MR) is 148 cm³/mol. The van der Waals surface area contributed by atoms with Crippen molar-refractivity contribution in [2.75, 3.05) is 0 Å². The number of nitrogens with one attached hydrogen (secondary N) is 1. The van der Waals surface area contributed by atoms with Crippen LogP contribution in [-0.2, 0) is 27.7 Å². The fourth-order valence-electron chi connectivity index (χ4n) is 4.41. The van der Waals surface area contributed by atoms with Gasteiger partial charge in [0.2, 0.25) is 21.8 Å². The lowest BCUT2D eigenvalue weighted by atomic mass is 9.78. The van der Waals surface area contributed by atoms with E-state index >= 15 is 0 Å². The van der Waals surface area contributed by atoms with Crippen LogP contribution in [0.25, 0.3) is 21.3 Å². The molecule has 4 rings (SSSR count). The Morgan fingerprint density at radius 2 is 1.86 bits per heavy atom. The second kappa shape index (κ2) is 11.8. The molecule has 2 heterocycles. The smallest absolute Gasteiger partial charge is 0.404 e. The Morgan fingerprint density at radius 3 is 2.42 bits per heavy atom. The Balaban J connectivity index is 1.73. The third-order valence-electron chi connectivity index (χ3n) is 6.86. The van der Waals surface area contributed by atoms with Gasteiger partial charge in [0.15, 0.2) is 5.01 Å². The Labute approximate surface area is 256 Å². The number of alkyl halides is 5.